The molecule has 0 bridgehead atoms. The van der Waals surface area contributed by atoms with Crippen molar-refractivity contribution in [2.45, 2.75) is 33.1 Å². The molecule has 3 N–H and O–H groups in total. The molecule has 0 heterocycles. The topological polar surface area (TPSA) is 87.3 Å². The number of carbonyl (C=O) groups is 3. The van der Waals surface area contributed by atoms with Crippen LogP contribution >= 0.6 is 0 Å². The zero-order chi connectivity index (χ0) is 20.3. The highest BCUT2D eigenvalue weighted by Crippen LogP contribution is 2.40. The average molecular weight is 379 g/mol. The first-order chi connectivity index (χ1) is 13.3. The molecule has 28 heavy (non-hydrogen) atoms. The number of benzene rings is 2. The first-order valence-corrected chi connectivity index (χ1v) is 9.43. The standard InChI is InChI=1S/C22H25N3O3/c1-13(2)15-7-9-16(10-8-15)24-21(27)19-12-20(19)22(28)25-18-6-4-5-17(11-18)23-14(3)26/h4-11,13,19-20H,12H2,1-3H3,(H,23,26)(H,24,27)(H,25,28). The van der Waals surface area contributed by atoms with E-state index in [2.05, 4.69) is 29.8 Å². The van der Waals surface area contributed by atoms with Gasteiger partial charge in [-0.2, -0.15) is 0 Å². The van der Waals surface area contributed by atoms with Gasteiger partial charge in [-0.25, -0.2) is 0 Å². The molecule has 1 saturated carbocycles. The molecular formula is C22H25N3O3. The molecule has 2 atom stereocenters. The van der Waals surface area contributed by atoms with Gasteiger partial charge in [0.25, 0.3) is 0 Å². The minimum absolute atomic E-state index is 0.135. The Labute approximate surface area is 164 Å². The van der Waals surface area contributed by atoms with Crippen molar-refractivity contribution in [1.82, 2.24) is 0 Å². The van der Waals surface area contributed by atoms with Crippen LogP contribution in [0.2, 0.25) is 0 Å². The summed E-state index contributed by atoms with van der Waals surface area (Å²) >= 11 is 0. The van der Waals surface area contributed by atoms with E-state index >= 15 is 0 Å². The summed E-state index contributed by atoms with van der Waals surface area (Å²) in [5.74, 6) is -0.711. The van der Waals surface area contributed by atoms with Crippen LogP contribution in [-0.2, 0) is 14.4 Å². The molecule has 3 amide bonds. The van der Waals surface area contributed by atoms with Crippen molar-refractivity contribution in [1.29, 1.82) is 0 Å². The Morgan fingerprint density at radius 1 is 0.821 bits per heavy atom. The zero-order valence-corrected chi connectivity index (χ0v) is 16.3. The molecule has 6 heteroatoms. The number of carbonyl (C=O) groups excluding carboxylic acids is 3. The van der Waals surface area contributed by atoms with Gasteiger partial charge in [0.1, 0.15) is 0 Å². The summed E-state index contributed by atoms with van der Waals surface area (Å²) in [6.45, 7) is 5.66. The maximum atomic E-state index is 12.4. The van der Waals surface area contributed by atoms with Gasteiger partial charge in [0.05, 0.1) is 11.8 Å². The van der Waals surface area contributed by atoms with E-state index < -0.39 is 0 Å². The van der Waals surface area contributed by atoms with E-state index in [-0.39, 0.29) is 29.6 Å². The summed E-state index contributed by atoms with van der Waals surface area (Å²) in [6.07, 6.45) is 0.535. The molecule has 0 spiro atoms. The molecule has 0 saturated heterocycles. The molecule has 3 rings (SSSR count). The number of amides is 3. The summed E-state index contributed by atoms with van der Waals surface area (Å²) in [4.78, 5) is 36.0. The smallest absolute Gasteiger partial charge is 0.228 e. The van der Waals surface area contributed by atoms with Crippen LogP contribution in [0.3, 0.4) is 0 Å². The predicted octanol–water partition coefficient (Wildman–Crippen LogP) is 3.98. The zero-order valence-electron chi connectivity index (χ0n) is 16.3. The molecule has 1 aliphatic carbocycles. The molecule has 2 aromatic carbocycles. The highest BCUT2D eigenvalue weighted by Gasteiger charge is 2.48. The number of hydrogen-bond acceptors (Lipinski definition) is 3. The Morgan fingerprint density at radius 3 is 1.89 bits per heavy atom. The van der Waals surface area contributed by atoms with Crippen molar-refractivity contribution < 1.29 is 14.4 Å². The Hall–Kier alpha value is -3.15. The van der Waals surface area contributed by atoms with Gasteiger partial charge < -0.3 is 16.0 Å². The number of nitrogens with one attached hydrogen (secondary N) is 3. The second-order valence-corrected chi connectivity index (χ2v) is 7.47. The van der Waals surface area contributed by atoms with Gasteiger partial charge in [-0.15, -0.1) is 0 Å². The van der Waals surface area contributed by atoms with Gasteiger partial charge in [0.15, 0.2) is 0 Å². The molecule has 2 aromatic rings. The third-order valence-corrected chi connectivity index (χ3v) is 4.76. The first kappa shape index (κ1) is 19.6. The Bertz CT molecular complexity index is 890. The van der Waals surface area contributed by atoms with E-state index in [0.29, 0.717) is 23.7 Å². The van der Waals surface area contributed by atoms with Crippen LogP contribution in [-0.4, -0.2) is 17.7 Å². The largest absolute Gasteiger partial charge is 0.326 e. The molecule has 1 fully saturated rings. The van der Waals surface area contributed by atoms with E-state index in [9.17, 15) is 14.4 Å². The van der Waals surface area contributed by atoms with Gasteiger partial charge in [0.2, 0.25) is 17.7 Å². The molecular weight excluding hydrogens is 354 g/mol. The minimum Gasteiger partial charge on any atom is -0.326 e. The Kier molecular flexibility index (Phi) is 5.78. The fourth-order valence-corrected chi connectivity index (χ4v) is 3.07. The fraction of sp³-hybridized carbons (Fsp3) is 0.318. The number of anilines is 3. The van der Waals surface area contributed by atoms with Crippen molar-refractivity contribution in [2.24, 2.45) is 11.8 Å². The third kappa shape index (κ3) is 4.97. The van der Waals surface area contributed by atoms with E-state index in [1.807, 2.05) is 24.3 Å². The summed E-state index contributed by atoms with van der Waals surface area (Å²) in [7, 11) is 0. The van der Waals surface area contributed by atoms with Crippen LogP contribution in [0, 0.1) is 11.8 Å². The lowest BCUT2D eigenvalue weighted by Gasteiger charge is -2.09. The van der Waals surface area contributed by atoms with E-state index in [0.717, 1.165) is 5.69 Å². The van der Waals surface area contributed by atoms with Gasteiger partial charge in [-0.1, -0.05) is 32.0 Å². The van der Waals surface area contributed by atoms with Gasteiger partial charge >= 0.3 is 0 Å². The first-order valence-electron chi connectivity index (χ1n) is 9.43. The number of hydrogen-bond donors (Lipinski definition) is 3. The van der Waals surface area contributed by atoms with Crippen LogP contribution in [0.15, 0.2) is 48.5 Å². The maximum absolute atomic E-state index is 12.4. The molecule has 146 valence electrons. The van der Waals surface area contributed by atoms with Gasteiger partial charge in [-0.05, 0) is 48.2 Å². The summed E-state index contributed by atoms with van der Waals surface area (Å²) in [5, 5.41) is 8.37. The lowest BCUT2D eigenvalue weighted by atomic mass is 10.0. The van der Waals surface area contributed by atoms with E-state index in [4.69, 9.17) is 0 Å². The second kappa shape index (κ2) is 8.25. The number of rotatable bonds is 6. The fourth-order valence-electron chi connectivity index (χ4n) is 3.07. The summed E-state index contributed by atoms with van der Waals surface area (Å²) < 4.78 is 0. The monoisotopic (exact) mass is 379 g/mol. The summed E-state index contributed by atoms with van der Waals surface area (Å²) in [5.41, 5.74) is 3.15. The van der Waals surface area contributed by atoms with Crippen molar-refractivity contribution in [3.05, 3.63) is 54.1 Å². The Morgan fingerprint density at radius 2 is 1.36 bits per heavy atom. The molecule has 0 aromatic heterocycles. The van der Waals surface area contributed by atoms with E-state index in [1.165, 1.54) is 12.5 Å². The molecule has 2 unspecified atom stereocenters. The van der Waals surface area contributed by atoms with Crippen LogP contribution in [0.4, 0.5) is 17.1 Å². The quantitative estimate of drug-likeness (QED) is 0.709. The molecule has 1 aliphatic rings. The van der Waals surface area contributed by atoms with E-state index in [1.54, 1.807) is 24.3 Å². The van der Waals surface area contributed by atoms with Crippen molar-refractivity contribution in [3.63, 3.8) is 0 Å². The summed E-state index contributed by atoms with van der Waals surface area (Å²) in [6, 6.07) is 14.7. The molecule has 6 nitrogen and oxygen atoms in total. The normalized spacial score (nSPS) is 17.7. The molecule has 0 radical (unpaired) electrons. The average Bonchev–Trinajstić information content (AvgIpc) is 3.43. The second-order valence-electron chi connectivity index (χ2n) is 7.47. The lowest BCUT2D eigenvalue weighted by Crippen LogP contribution is -2.20. The van der Waals surface area contributed by atoms with Crippen LogP contribution in [0.1, 0.15) is 38.7 Å². The Balaban J connectivity index is 1.53. The van der Waals surface area contributed by atoms with Gasteiger partial charge in [0, 0.05) is 24.0 Å². The van der Waals surface area contributed by atoms with Crippen LogP contribution in [0.5, 0.6) is 0 Å². The van der Waals surface area contributed by atoms with Crippen molar-refractivity contribution >= 4 is 34.8 Å². The minimum atomic E-state index is -0.334. The van der Waals surface area contributed by atoms with Gasteiger partial charge in [-0.3, -0.25) is 14.4 Å². The molecule has 0 aliphatic heterocycles. The van der Waals surface area contributed by atoms with Crippen LogP contribution < -0.4 is 16.0 Å². The highest BCUT2D eigenvalue weighted by molar-refractivity contribution is 6.03. The highest BCUT2D eigenvalue weighted by atomic mass is 16.2. The third-order valence-electron chi connectivity index (χ3n) is 4.76. The lowest BCUT2D eigenvalue weighted by molar-refractivity contribution is -0.122. The predicted molar refractivity (Wildman–Crippen MR) is 110 cm³/mol. The van der Waals surface area contributed by atoms with Crippen molar-refractivity contribution in [3.8, 4) is 0 Å². The maximum Gasteiger partial charge on any atom is 0.228 e. The van der Waals surface area contributed by atoms with Crippen LogP contribution in [0.25, 0.3) is 0 Å². The SMILES string of the molecule is CC(=O)Nc1cccc(NC(=O)C2CC2C(=O)Nc2ccc(C(C)C)cc2)c1. The van der Waals surface area contributed by atoms with Crippen molar-refractivity contribution in [2.75, 3.05) is 16.0 Å².